The molecule has 0 atom stereocenters. The van der Waals surface area contributed by atoms with Crippen LogP contribution in [0.5, 0.6) is 0 Å². The highest BCUT2D eigenvalue weighted by Gasteiger charge is 2.14. The topological polar surface area (TPSA) is 58.4 Å². The molecule has 94 valence electrons. The van der Waals surface area contributed by atoms with E-state index in [4.69, 9.17) is 5.73 Å². The van der Waals surface area contributed by atoms with Gasteiger partial charge in [-0.3, -0.25) is 9.69 Å². The Morgan fingerprint density at radius 2 is 2.29 bits per heavy atom. The lowest BCUT2D eigenvalue weighted by molar-refractivity contribution is -0.118. The summed E-state index contributed by atoms with van der Waals surface area (Å²) in [7, 11) is 1.90. The summed E-state index contributed by atoms with van der Waals surface area (Å²) in [6.45, 7) is 2.05. The van der Waals surface area contributed by atoms with E-state index in [1.807, 2.05) is 11.9 Å². The minimum absolute atomic E-state index is 0. The van der Waals surface area contributed by atoms with Gasteiger partial charge in [0.05, 0.1) is 6.54 Å². The van der Waals surface area contributed by atoms with E-state index >= 15 is 0 Å². The average Bonchev–Trinajstić information content (AvgIpc) is 2.65. The van der Waals surface area contributed by atoms with Crippen molar-refractivity contribution in [1.29, 1.82) is 0 Å². The molecule has 0 aromatic heterocycles. The van der Waals surface area contributed by atoms with E-state index in [-0.39, 0.29) is 18.3 Å². The maximum absolute atomic E-state index is 10.8. The Morgan fingerprint density at radius 3 is 3.00 bits per heavy atom. The predicted molar refractivity (Wildman–Crippen MR) is 71.4 cm³/mol. The second-order valence-electron chi connectivity index (χ2n) is 4.27. The van der Waals surface area contributed by atoms with E-state index in [1.54, 1.807) is 0 Å². The van der Waals surface area contributed by atoms with Gasteiger partial charge in [0.2, 0.25) is 5.91 Å². The average molecular weight is 256 g/mol. The van der Waals surface area contributed by atoms with Gasteiger partial charge in [0.15, 0.2) is 0 Å². The molecule has 2 rings (SSSR count). The minimum atomic E-state index is -0.289. The van der Waals surface area contributed by atoms with Gasteiger partial charge in [0.25, 0.3) is 0 Å². The molecule has 0 bridgehead atoms. The lowest BCUT2D eigenvalue weighted by atomic mass is 10.1. The van der Waals surface area contributed by atoms with Crippen molar-refractivity contribution in [3.63, 3.8) is 0 Å². The third-order valence-corrected chi connectivity index (χ3v) is 2.80. The van der Waals surface area contributed by atoms with E-state index in [9.17, 15) is 4.79 Å². The summed E-state index contributed by atoms with van der Waals surface area (Å²) in [5.74, 6) is -0.289. The van der Waals surface area contributed by atoms with Gasteiger partial charge in [-0.25, -0.2) is 0 Å². The van der Waals surface area contributed by atoms with Crippen molar-refractivity contribution in [3.05, 3.63) is 29.3 Å². The van der Waals surface area contributed by atoms with Gasteiger partial charge in [0, 0.05) is 18.8 Å². The minimum Gasteiger partial charge on any atom is -0.384 e. The molecule has 1 amide bonds. The summed E-state index contributed by atoms with van der Waals surface area (Å²) < 4.78 is 0. The van der Waals surface area contributed by atoms with Crippen LogP contribution in [-0.4, -0.2) is 30.9 Å². The number of nitrogens with two attached hydrogens (primary N) is 1. The molecule has 4 nitrogen and oxygen atoms in total. The number of hydrogen-bond acceptors (Lipinski definition) is 3. The first-order chi connectivity index (χ1) is 7.66. The Hall–Kier alpha value is -1.26. The van der Waals surface area contributed by atoms with Crippen LogP contribution in [0.3, 0.4) is 0 Å². The molecule has 5 heteroatoms. The Bertz CT molecular complexity index is 409. The Kier molecular flexibility index (Phi) is 4.78. The van der Waals surface area contributed by atoms with Crippen LogP contribution in [0.1, 0.15) is 11.1 Å². The summed E-state index contributed by atoms with van der Waals surface area (Å²) in [5, 5.41) is 3.38. The quantitative estimate of drug-likeness (QED) is 0.844. The first kappa shape index (κ1) is 13.8. The number of carbonyl (C=O) groups is 1. The molecule has 1 aliphatic rings. The predicted octanol–water partition coefficient (Wildman–Crippen LogP) is 0.993. The second kappa shape index (κ2) is 5.89. The molecule has 1 aliphatic heterocycles. The molecule has 0 fully saturated rings. The van der Waals surface area contributed by atoms with Gasteiger partial charge in [-0.05, 0) is 24.6 Å². The molecule has 0 saturated carbocycles. The normalized spacial score (nSPS) is 12.8. The number of nitrogens with zero attached hydrogens (tertiary/aromatic N) is 1. The highest BCUT2D eigenvalue weighted by molar-refractivity contribution is 5.85. The van der Waals surface area contributed by atoms with Crippen LogP contribution in [0.2, 0.25) is 0 Å². The molecule has 1 heterocycles. The lowest BCUT2D eigenvalue weighted by Gasteiger charge is -2.17. The monoisotopic (exact) mass is 255 g/mol. The number of likely N-dealkylation sites (N-methyl/N-ethyl adjacent to an activating group) is 1. The Labute approximate surface area is 108 Å². The first-order valence-electron chi connectivity index (χ1n) is 5.48. The first-order valence-corrected chi connectivity index (χ1v) is 5.48. The van der Waals surface area contributed by atoms with Crippen LogP contribution in [0.4, 0.5) is 5.69 Å². The van der Waals surface area contributed by atoms with E-state index in [0.29, 0.717) is 6.54 Å². The van der Waals surface area contributed by atoms with Crippen molar-refractivity contribution in [2.45, 2.75) is 13.0 Å². The number of benzene rings is 1. The molecule has 0 spiro atoms. The van der Waals surface area contributed by atoms with E-state index in [0.717, 1.165) is 19.5 Å². The van der Waals surface area contributed by atoms with Crippen LogP contribution in [-0.2, 0) is 17.8 Å². The summed E-state index contributed by atoms with van der Waals surface area (Å²) in [5.41, 5.74) is 9.00. The molecule has 0 radical (unpaired) electrons. The number of amides is 1. The molecule has 1 aromatic carbocycles. The van der Waals surface area contributed by atoms with Crippen LogP contribution in [0.15, 0.2) is 18.2 Å². The van der Waals surface area contributed by atoms with Gasteiger partial charge >= 0.3 is 0 Å². The number of halogens is 1. The van der Waals surface area contributed by atoms with Crippen LogP contribution in [0, 0.1) is 0 Å². The third kappa shape index (κ3) is 3.35. The van der Waals surface area contributed by atoms with Crippen LogP contribution < -0.4 is 11.1 Å². The number of nitrogens with one attached hydrogen (secondary N) is 1. The number of para-hydroxylation sites is 1. The van der Waals surface area contributed by atoms with E-state index in [2.05, 4.69) is 23.5 Å². The fourth-order valence-electron chi connectivity index (χ4n) is 2.16. The summed E-state index contributed by atoms with van der Waals surface area (Å²) in [6.07, 6.45) is 1.09. The maximum atomic E-state index is 10.8. The van der Waals surface area contributed by atoms with Crippen molar-refractivity contribution < 1.29 is 4.79 Å². The van der Waals surface area contributed by atoms with E-state index in [1.165, 1.54) is 16.8 Å². The van der Waals surface area contributed by atoms with Gasteiger partial charge in [0.1, 0.15) is 0 Å². The van der Waals surface area contributed by atoms with Crippen LogP contribution >= 0.6 is 12.4 Å². The molecule has 0 unspecified atom stereocenters. The Balaban J connectivity index is 0.00000144. The van der Waals surface area contributed by atoms with Crippen molar-refractivity contribution in [2.75, 3.05) is 25.5 Å². The van der Waals surface area contributed by atoms with Gasteiger partial charge < -0.3 is 11.1 Å². The van der Waals surface area contributed by atoms with Crippen LogP contribution in [0.25, 0.3) is 0 Å². The van der Waals surface area contributed by atoms with Gasteiger partial charge in [-0.2, -0.15) is 0 Å². The highest BCUT2D eigenvalue weighted by Crippen LogP contribution is 2.26. The number of carbonyl (C=O) groups excluding carboxylic acids is 1. The Morgan fingerprint density at radius 1 is 1.53 bits per heavy atom. The van der Waals surface area contributed by atoms with E-state index < -0.39 is 0 Å². The summed E-state index contributed by atoms with van der Waals surface area (Å²) >= 11 is 0. The van der Waals surface area contributed by atoms with Gasteiger partial charge in [-0.15, -0.1) is 12.4 Å². The number of fused-ring (bicyclic) bond motifs is 1. The zero-order valence-electron chi connectivity index (χ0n) is 9.90. The molecule has 3 N–H and O–H groups in total. The van der Waals surface area contributed by atoms with Crippen molar-refractivity contribution in [2.24, 2.45) is 5.73 Å². The van der Waals surface area contributed by atoms with Crippen molar-refractivity contribution in [3.8, 4) is 0 Å². The fourth-order valence-corrected chi connectivity index (χ4v) is 2.16. The van der Waals surface area contributed by atoms with Gasteiger partial charge in [-0.1, -0.05) is 18.2 Å². The lowest BCUT2D eigenvalue weighted by Crippen LogP contribution is -2.30. The number of rotatable bonds is 4. The summed E-state index contributed by atoms with van der Waals surface area (Å²) in [6, 6.07) is 6.31. The SMILES string of the molecule is CN(CC(N)=O)Cc1cccc2c1NCC2.Cl. The molecule has 0 saturated heterocycles. The molecule has 1 aromatic rings. The summed E-state index contributed by atoms with van der Waals surface area (Å²) in [4.78, 5) is 12.7. The molecular weight excluding hydrogens is 238 g/mol. The molecular formula is C12H18ClN3O. The number of hydrogen-bond donors (Lipinski definition) is 2. The molecule has 0 aliphatic carbocycles. The molecule has 17 heavy (non-hydrogen) atoms. The fraction of sp³-hybridized carbons (Fsp3) is 0.417. The zero-order chi connectivity index (χ0) is 11.5. The van der Waals surface area contributed by atoms with Crippen molar-refractivity contribution >= 4 is 24.0 Å². The zero-order valence-corrected chi connectivity index (χ0v) is 10.7. The smallest absolute Gasteiger partial charge is 0.231 e. The number of primary amides is 1. The standard InChI is InChI=1S/C12H17N3O.ClH/c1-15(8-11(13)16)7-10-4-2-3-9-5-6-14-12(9)10;/h2-4,14H,5-8H2,1H3,(H2,13,16);1H. The second-order valence-corrected chi connectivity index (χ2v) is 4.27. The number of anilines is 1. The third-order valence-electron chi connectivity index (χ3n) is 2.80. The highest BCUT2D eigenvalue weighted by atomic mass is 35.5. The van der Waals surface area contributed by atoms with Crippen molar-refractivity contribution in [1.82, 2.24) is 4.90 Å². The largest absolute Gasteiger partial charge is 0.384 e. The maximum Gasteiger partial charge on any atom is 0.231 e.